The van der Waals surface area contributed by atoms with Gasteiger partial charge in [-0.25, -0.2) is 0 Å². The zero-order valence-corrected chi connectivity index (χ0v) is 15.3. The topological polar surface area (TPSA) is 89.7 Å². The molecule has 0 saturated carbocycles. The van der Waals surface area contributed by atoms with Crippen LogP contribution in [0.15, 0.2) is 24.3 Å². The minimum atomic E-state index is -0.797. The van der Waals surface area contributed by atoms with Gasteiger partial charge in [0.2, 0.25) is 5.91 Å². The number of hydrogen-bond donors (Lipinski definition) is 1. The van der Waals surface area contributed by atoms with E-state index in [2.05, 4.69) is 4.74 Å². The molecule has 7 heteroatoms. The second kappa shape index (κ2) is 8.05. The molecule has 1 radical (unpaired) electrons. The summed E-state index contributed by atoms with van der Waals surface area (Å²) in [5, 5.41) is 0. The summed E-state index contributed by atoms with van der Waals surface area (Å²) in [6.07, 6.45) is 0.214. The van der Waals surface area contributed by atoms with Crippen molar-refractivity contribution in [3.8, 4) is 0 Å². The maximum atomic E-state index is 12.3. The number of primary amides is 1. The second-order valence-corrected chi connectivity index (χ2v) is 4.62. The Morgan fingerprint density at radius 2 is 2.05 bits per heavy atom. The molecular weight excluding hydrogens is 299 g/mol. The first-order valence-electron chi connectivity index (χ1n) is 6.29. The van der Waals surface area contributed by atoms with Crippen LogP contribution in [0, 0.1) is 0 Å². The number of esters is 1. The number of carbonyl (C=O) groups excluding carboxylic acids is 3. The molecule has 0 saturated heterocycles. The zero-order valence-electron chi connectivity index (χ0n) is 12.2. The molecule has 2 amide bonds. The van der Waals surface area contributed by atoms with Gasteiger partial charge < -0.3 is 15.4 Å². The molecule has 1 aliphatic rings. The molecule has 107 valence electrons. The molecular formula is C14H16KN2O4. The van der Waals surface area contributed by atoms with Gasteiger partial charge in [0.15, 0.2) is 0 Å². The van der Waals surface area contributed by atoms with Crippen molar-refractivity contribution >= 4 is 69.2 Å². The van der Waals surface area contributed by atoms with E-state index in [0.29, 0.717) is 12.1 Å². The van der Waals surface area contributed by atoms with E-state index in [0.717, 1.165) is 5.56 Å². The van der Waals surface area contributed by atoms with Gasteiger partial charge in [-0.1, -0.05) is 18.2 Å². The van der Waals surface area contributed by atoms with Crippen molar-refractivity contribution in [1.82, 2.24) is 4.90 Å². The van der Waals surface area contributed by atoms with E-state index in [9.17, 15) is 14.4 Å². The van der Waals surface area contributed by atoms with Crippen LogP contribution in [0.4, 0.5) is 0 Å². The van der Waals surface area contributed by atoms with Crippen LogP contribution in [0.1, 0.15) is 28.8 Å². The van der Waals surface area contributed by atoms with Gasteiger partial charge in [0.1, 0.15) is 6.04 Å². The predicted octanol–water partition coefficient (Wildman–Crippen LogP) is 0.0687. The van der Waals surface area contributed by atoms with E-state index in [1.807, 2.05) is 12.1 Å². The van der Waals surface area contributed by atoms with Crippen molar-refractivity contribution in [3.05, 3.63) is 35.4 Å². The summed E-state index contributed by atoms with van der Waals surface area (Å²) in [5.41, 5.74) is 6.80. The smallest absolute Gasteiger partial charge is 0.305 e. The average molecular weight is 315 g/mol. The maximum absolute atomic E-state index is 12.3. The third-order valence-corrected chi connectivity index (χ3v) is 3.40. The summed E-state index contributed by atoms with van der Waals surface area (Å²) < 4.78 is 4.54. The van der Waals surface area contributed by atoms with Gasteiger partial charge in [-0.15, -0.1) is 0 Å². The molecule has 1 aromatic rings. The van der Waals surface area contributed by atoms with Crippen LogP contribution in [0.5, 0.6) is 0 Å². The summed E-state index contributed by atoms with van der Waals surface area (Å²) in [6.45, 7) is 0.337. The Bertz CT molecular complexity index is 562. The largest absolute Gasteiger partial charge is 0.469 e. The van der Waals surface area contributed by atoms with E-state index >= 15 is 0 Å². The van der Waals surface area contributed by atoms with Crippen molar-refractivity contribution in [2.24, 2.45) is 5.73 Å². The van der Waals surface area contributed by atoms with Crippen LogP contribution < -0.4 is 5.73 Å². The van der Waals surface area contributed by atoms with Crippen LogP contribution in [0.3, 0.4) is 0 Å². The van der Waals surface area contributed by atoms with Crippen molar-refractivity contribution in [1.29, 1.82) is 0 Å². The fraction of sp³-hybridized carbons (Fsp3) is 0.357. The Hall–Kier alpha value is -0.734. The number of ether oxygens (including phenoxy) is 1. The van der Waals surface area contributed by atoms with Crippen LogP contribution >= 0.6 is 0 Å². The quantitative estimate of drug-likeness (QED) is 0.615. The van der Waals surface area contributed by atoms with Crippen molar-refractivity contribution in [3.63, 3.8) is 0 Å². The number of hydrogen-bond acceptors (Lipinski definition) is 4. The summed E-state index contributed by atoms with van der Waals surface area (Å²) >= 11 is 0. The minimum absolute atomic E-state index is 0. The van der Waals surface area contributed by atoms with Crippen molar-refractivity contribution in [2.75, 3.05) is 7.11 Å². The second-order valence-electron chi connectivity index (χ2n) is 4.62. The Morgan fingerprint density at radius 3 is 2.62 bits per heavy atom. The number of benzene rings is 1. The van der Waals surface area contributed by atoms with E-state index in [-0.39, 0.29) is 70.1 Å². The molecule has 2 N–H and O–H groups in total. The Labute approximate surface area is 165 Å². The fourth-order valence-corrected chi connectivity index (χ4v) is 2.34. The number of nitrogens with zero attached hydrogens (tertiary/aromatic N) is 1. The number of fused-ring (bicyclic) bond motifs is 1. The number of rotatable bonds is 5. The molecule has 1 unspecified atom stereocenters. The van der Waals surface area contributed by atoms with Gasteiger partial charge in [0, 0.05) is 69.9 Å². The molecule has 0 aromatic heterocycles. The zero-order chi connectivity index (χ0) is 14.7. The minimum Gasteiger partial charge on any atom is -0.469 e. The molecule has 0 fully saturated rings. The number of nitrogens with two attached hydrogens (primary N) is 1. The molecule has 2 rings (SSSR count). The molecule has 1 heterocycles. The van der Waals surface area contributed by atoms with E-state index in [4.69, 9.17) is 5.73 Å². The first kappa shape index (κ1) is 18.3. The van der Waals surface area contributed by atoms with E-state index in [1.165, 1.54) is 12.0 Å². The number of methoxy groups -OCH3 is 1. The first-order valence-corrected chi connectivity index (χ1v) is 6.29. The third kappa shape index (κ3) is 4.14. The van der Waals surface area contributed by atoms with E-state index in [1.54, 1.807) is 12.1 Å². The molecule has 0 spiro atoms. The molecule has 1 aromatic carbocycles. The summed E-state index contributed by atoms with van der Waals surface area (Å²) in [6, 6.07) is 6.37. The van der Waals surface area contributed by atoms with E-state index < -0.39 is 17.9 Å². The third-order valence-electron chi connectivity index (χ3n) is 3.40. The standard InChI is InChI=1S/C14H16N2O4.K/c1-20-12(17)7-6-11(13(15)18)16-8-9-4-2-3-5-10(9)14(16)19;/h2-5,11H,6-8H2,1H3,(H2,15,18);. The summed E-state index contributed by atoms with van der Waals surface area (Å²) in [4.78, 5) is 36.4. The summed E-state index contributed by atoms with van der Waals surface area (Å²) in [7, 11) is 1.28. The van der Waals surface area contributed by atoms with Crippen LogP contribution in [-0.2, 0) is 20.9 Å². The van der Waals surface area contributed by atoms with Gasteiger partial charge in [0.05, 0.1) is 7.11 Å². The molecule has 0 aliphatic carbocycles. The number of carbonyl (C=O) groups is 3. The Kier molecular flexibility index (Phi) is 7.02. The monoisotopic (exact) mass is 315 g/mol. The average Bonchev–Trinajstić information content (AvgIpc) is 2.76. The van der Waals surface area contributed by atoms with Gasteiger partial charge >= 0.3 is 5.97 Å². The predicted molar refractivity (Wildman–Crippen MR) is 76.3 cm³/mol. The van der Waals surface area contributed by atoms with Gasteiger partial charge in [-0.05, 0) is 18.1 Å². The molecule has 1 atom stereocenters. The molecule has 21 heavy (non-hydrogen) atoms. The van der Waals surface area contributed by atoms with Gasteiger partial charge in [0.25, 0.3) is 5.91 Å². The van der Waals surface area contributed by atoms with Crippen molar-refractivity contribution in [2.45, 2.75) is 25.4 Å². The molecule has 6 nitrogen and oxygen atoms in total. The molecule has 0 bridgehead atoms. The normalized spacial score (nSPS) is 14.1. The van der Waals surface area contributed by atoms with Crippen LogP contribution in [-0.4, -0.2) is 87.2 Å². The Morgan fingerprint density at radius 1 is 1.38 bits per heavy atom. The van der Waals surface area contributed by atoms with Gasteiger partial charge in [-0.3, -0.25) is 14.4 Å². The maximum Gasteiger partial charge on any atom is 0.305 e. The molecule has 1 aliphatic heterocycles. The van der Waals surface area contributed by atoms with Crippen LogP contribution in [0.25, 0.3) is 0 Å². The van der Waals surface area contributed by atoms with Gasteiger partial charge in [-0.2, -0.15) is 0 Å². The SMILES string of the molecule is COC(=O)CCC(C(N)=O)N1Cc2ccccc2C1=O.[K]. The van der Waals surface area contributed by atoms with Crippen LogP contribution in [0.2, 0.25) is 0 Å². The number of amides is 2. The summed E-state index contributed by atoms with van der Waals surface area (Å²) in [5.74, 6) is -1.27. The Balaban J connectivity index is 0.00000220. The fourth-order valence-electron chi connectivity index (χ4n) is 2.34. The first-order chi connectivity index (χ1) is 9.54. The van der Waals surface area contributed by atoms with Crippen molar-refractivity contribution < 1.29 is 19.1 Å².